The number of hydrogen-bond donors (Lipinski definition) is 1. The number of likely N-dealkylation sites (tertiary alicyclic amines) is 1. The number of aryl methyl sites for hydroxylation is 1. The molecular weight excluding hydrogens is 726 g/mol. The van der Waals surface area contributed by atoms with Gasteiger partial charge in [0.25, 0.3) is 0 Å². The number of piperidine rings is 1. The van der Waals surface area contributed by atoms with Gasteiger partial charge in [0.1, 0.15) is 0 Å². The summed E-state index contributed by atoms with van der Waals surface area (Å²) in [6.45, 7) is 7.53. The van der Waals surface area contributed by atoms with E-state index in [1.54, 1.807) is 19.1 Å². The summed E-state index contributed by atoms with van der Waals surface area (Å²) in [6, 6.07) is 17.7. The summed E-state index contributed by atoms with van der Waals surface area (Å²) in [5.41, 5.74) is 4.75. The number of alkyl halides is 6. The molecule has 2 aromatic carbocycles. The molecule has 0 bridgehead atoms. The van der Waals surface area contributed by atoms with Crippen molar-refractivity contribution in [3.63, 3.8) is 0 Å². The molecule has 1 N–H and O–H groups in total. The van der Waals surface area contributed by atoms with Gasteiger partial charge < -0.3 is 10.2 Å². The summed E-state index contributed by atoms with van der Waals surface area (Å²) >= 11 is 0. The van der Waals surface area contributed by atoms with Crippen molar-refractivity contribution in [3.8, 4) is 0 Å². The number of amides is 1. The molecule has 9 nitrogen and oxygen atoms in total. The third kappa shape index (κ3) is 11.5. The quantitative estimate of drug-likeness (QED) is 0.151. The van der Waals surface area contributed by atoms with Gasteiger partial charge in [-0.15, -0.1) is 0 Å². The van der Waals surface area contributed by atoms with Crippen LogP contribution in [0.3, 0.4) is 0 Å². The highest BCUT2D eigenvalue weighted by Gasteiger charge is 2.54. The fraction of sp³-hybridized carbons (Fsp3) is 0.514. The molecule has 1 amide bonds. The Labute approximate surface area is 305 Å². The molecule has 0 unspecified atom stereocenters. The van der Waals surface area contributed by atoms with E-state index in [0.717, 1.165) is 69.4 Å². The molecule has 53 heavy (non-hydrogen) atoms. The van der Waals surface area contributed by atoms with E-state index < -0.39 is 33.8 Å². The third-order valence-corrected chi connectivity index (χ3v) is 11.4. The minimum atomic E-state index is -5.77. The molecule has 0 radical (unpaired) electrons. The Morgan fingerprint density at radius 3 is 1.94 bits per heavy atom. The van der Waals surface area contributed by atoms with Gasteiger partial charge in [0.15, 0.2) is 9.84 Å². The van der Waals surface area contributed by atoms with Crippen LogP contribution in [-0.2, 0) is 37.2 Å². The van der Waals surface area contributed by atoms with E-state index in [4.69, 9.17) is 5.10 Å². The van der Waals surface area contributed by atoms with Crippen molar-refractivity contribution in [1.29, 1.82) is 0 Å². The molecule has 0 spiro atoms. The number of rotatable bonds is 13. The van der Waals surface area contributed by atoms with Crippen LogP contribution < -0.4 is 5.32 Å². The maximum absolute atomic E-state index is 12.7. The van der Waals surface area contributed by atoms with Gasteiger partial charge in [-0.3, -0.25) is 19.1 Å². The third-order valence-electron chi connectivity index (χ3n) is 9.69. The van der Waals surface area contributed by atoms with Gasteiger partial charge in [-0.05, 0) is 86.4 Å². The normalized spacial score (nSPS) is 16.6. The average molecular weight is 771 g/mol. The number of carbonyl (C=O) groups is 3. The Balaban J connectivity index is 0.000000450. The Morgan fingerprint density at radius 1 is 0.868 bits per heavy atom. The number of aromatic nitrogens is 2. The number of nitrogens with zero attached hydrogens (tertiary/aromatic N) is 3. The fourth-order valence-corrected chi connectivity index (χ4v) is 7.22. The van der Waals surface area contributed by atoms with Crippen LogP contribution in [0.15, 0.2) is 65.7 Å². The molecule has 1 aliphatic carbocycles. The molecule has 1 aromatic heterocycles. The summed E-state index contributed by atoms with van der Waals surface area (Å²) in [5, 5.41) is 8.25. The second kappa shape index (κ2) is 17.9. The highest BCUT2D eigenvalue weighted by molar-refractivity contribution is 7.91. The monoisotopic (exact) mass is 770 g/mol. The topological polar surface area (TPSA) is 118 Å². The van der Waals surface area contributed by atoms with Gasteiger partial charge in [0, 0.05) is 18.7 Å². The lowest BCUT2D eigenvalue weighted by molar-refractivity contribution is -0.193. The molecule has 1 aliphatic heterocycles. The van der Waals surface area contributed by atoms with Gasteiger partial charge >= 0.3 is 23.9 Å². The first-order valence-electron chi connectivity index (χ1n) is 17.6. The summed E-state index contributed by atoms with van der Waals surface area (Å²) in [7, 11) is -3.19. The second-order valence-electron chi connectivity index (χ2n) is 13.3. The first-order valence-corrected chi connectivity index (χ1v) is 19.3. The maximum atomic E-state index is 12.7. The van der Waals surface area contributed by atoms with Crippen LogP contribution in [0, 0.1) is 5.92 Å². The Bertz CT molecular complexity index is 1780. The highest BCUT2D eigenvalue weighted by Crippen LogP contribution is 2.32. The number of Topliss-reactive ketones (excluding diaryl/α,β-unsaturated/α-hetero) is 2. The molecule has 1 atom stereocenters. The Kier molecular flexibility index (Phi) is 14.0. The SMILES string of the molecule is CCc1nn(Cc2ccc(S(=O)(=O)CC)cc2)cc1C1CCN(CC[C@H](NC(=O)C2CCC2)c2ccccc2)CC1.O=C(C(=O)C(F)(F)F)C(F)(F)F. The van der Waals surface area contributed by atoms with Crippen LogP contribution >= 0.6 is 0 Å². The molecule has 3 aromatic rings. The molecule has 2 fully saturated rings. The fourth-order valence-electron chi connectivity index (χ4n) is 6.33. The van der Waals surface area contributed by atoms with Crippen LogP contribution in [0.1, 0.15) is 86.7 Å². The van der Waals surface area contributed by atoms with Crippen molar-refractivity contribution in [2.24, 2.45) is 5.92 Å². The van der Waals surface area contributed by atoms with E-state index in [2.05, 4.69) is 47.6 Å². The number of sulfone groups is 1. The highest BCUT2D eigenvalue weighted by atomic mass is 32.2. The van der Waals surface area contributed by atoms with Crippen molar-refractivity contribution in [2.75, 3.05) is 25.4 Å². The smallest absolute Gasteiger partial charge is 0.349 e. The minimum absolute atomic E-state index is 0.0584. The molecule has 16 heteroatoms. The van der Waals surface area contributed by atoms with Gasteiger partial charge in [-0.1, -0.05) is 62.7 Å². The van der Waals surface area contributed by atoms with E-state index in [-0.39, 0.29) is 23.6 Å². The van der Waals surface area contributed by atoms with E-state index in [1.165, 1.54) is 17.5 Å². The van der Waals surface area contributed by atoms with Gasteiger partial charge in [0.2, 0.25) is 5.91 Å². The lowest BCUT2D eigenvalue weighted by Gasteiger charge is -2.33. The number of halogens is 6. The predicted molar refractivity (Wildman–Crippen MR) is 185 cm³/mol. The summed E-state index contributed by atoms with van der Waals surface area (Å²) < 4.78 is 93.2. The standard InChI is InChI=1S/C33H44N4O3S.C4F6O2/c1-3-31-30(24-37(35-31)23-25-13-15-29(16-14-25)41(39,40)4-2)26-17-20-36(21-18-26)22-19-32(27-9-6-5-7-10-27)34-33(38)28-11-8-12-28;5-3(6,7)1(11)2(12)4(8,9)10/h5-7,9-10,13-16,24,26,28,32H,3-4,8,11-12,17-23H2,1-2H3,(H,34,38);/t32-;/m0./s1. The van der Waals surface area contributed by atoms with Crippen molar-refractivity contribution >= 4 is 27.3 Å². The lowest BCUT2D eigenvalue weighted by Crippen LogP contribution is -2.39. The zero-order valence-corrected chi connectivity index (χ0v) is 30.4. The van der Waals surface area contributed by atoms with Crippen molar-refractivity contribution in [3.05, 3.63) is 83.2 Å². The van der Waals surface area contributed by atoms with Crippen LogP contribution in [0.5, 0.6) is 0 Å². The van der Waals surface area contributed by atoms with E-state index in [9.17, 15) is 49.1 Å². The van der Waals surface area contributed by atoms with E-state index in [0.29, 0.717) is 17.4 Å². The predicted octanol–water partition coefficient (Wildman–Crippen LogP) is 6.76. The Hall–Kier alpha value is -4.05. The first kappa shape index (κ1) is 41.7. The molecule has 1 saturated carbocycles. The molecule has 290 valence electrons. The Morgan fingerprint density at radius 2 is 1.45 bits per heavy atom. The second-order valence-corrected chi connectivity index (χ2v) is 15.6. The first-order chi connectivity index (χ1) is 24.9. The maximum Gasteiger partial charge on any atom is 0.458 e. The largest absolute Gasteiger partial charge is 0.458 e. The van der Waals surface area contributed by atoms with Crippen LogP contribution in [0.2, 0.25) is 0 Å². The number of benzene rings is 2. The van der Waals surface area contributed by atoms with E-state index >= 15 is 0 Å². The zero-order valence-electron chi connectivity index (χ0n) is 29.5. The van der Waals surface area contributed by atoms with Crippen LogP contribution in [-0.4, -0.2) is 78.3 Å². The summed E-state index contributed by atoms with van der Waals surface area (Å²) in [5.74, 6) is -5.80. The molecular formula is C37H44F6N4O5S. The van der Waals surface area contributed by atoms with Crippen molar-refractivity contribution < 1.29 is 49.1 Å². The number of ketones is 2. The minimum Gasteiger partial charge on any atom is -0.349 e. The zero-order chi connectivity index (χ0) is 39.0. The number of nitrogens with one attached hydrogen (secondary N) is 1. The van der Waals surface area contributed by atoms with Gasteiger partial charge in [-0.25, -0.2) is 8.42 Å². The molecule has 2 aliphatic rings. The van der Waals surface area contributed by atoms with Crippen molar-refractivity contribution in [1.82, 2.24) is 20.0 Å². The molecule has 2 heterocycles. The summed E-state index contributed by atoms with van der Waals surface area (Å²) in [6.07, 6.45) is -2.10. The van der Waals surface area contributed by atoms with Crippen LogP contribution in [0.4, 0.5) is 26.3 Å². The molecule has 5 rings (SSSR count). The number of carbonyl (C=O) groups excluding carboxylic acids is 3. The molecule has 1 saturated heterocycles. The van der Waals surface area contributed by atoms with Crippen molar-refractivity contribution in [2.45, 2.75) is 94.5 Å². The average Bonchev–Trinajstić information content (AvgIpc) is 3.51. The van der Waals surface area contributed by atoms with Gasteiger partial charge in [-0.2, -0.15) is 31.4 Å². The number of hydrogen-bond acceptors (Lipinski definition) is 7. The lowest BCUT2D eigenvalue weighted by atomic mass is 9.84. The van der Waals surface area contributed by atoms with Gasteiger partial charge in [0.05, 0.1) is 28.9 Å². The van der Waals surface area contributed by atoms with Crippen LogP contribution in [0.25, 0.3) is 0 Å². The summed E-state index contributed by atoms with van der Waals surface area (Å²) in [4.78, 5) is 34.9. The van der Waals surface area contributed by atoms with E-state index in [1.807, 2.05) is 22.9 Å².